The van der Waals surface area contributed by atoms with Crippen LogP contribution >= 0.6 is 31.9 Å². The fourth-order valence-corrected chi connectivity index (χ4v) is 6.29. The van der Waals surface area contributed by atoms with Gasteiger partial charge in [-0.25, -0.2) is 19.0 Å². The minimum Gasteiger partial charge on any atom is -1.00 e. The van der Waals surface area contributed by atoms with Crippen molar-refractivity contribution in [2.45, 2.75) is 58.5 Å². The van der Waals surface area contributed by atoms with Gasteiger partial charge in [-0.15, -0.1) is 0 Å². The Labute approximate surface area is 309 Å². The number of ether oxygens (including phenoxy) is 2. The van der Waals surface area contributed by atoms with Crippen LogP contribution in [0.4, 0.5) is 0 Å². The second kappa shape index (κ2) is 17.0. The number of esters is 2. The van der Waals surface area contributed by atoms with Gasteiger partial charge in [-0.1, -0.05) is 44.0 Å². The van der Waals surface area contributed by atoms with Crippen LogP contribution in [-0.2, 0) is 22.3 Å². The van der Waals surface area contributed by atoms with E-state index in [2.05, 4.69) is 42.1 Å². The van der Waals surface area contributed by atoms with Crippen LogP contribution in [0.3, 0.4) is 0 Å². The van der Waals surface area contributed by atoms with E-state index < -0.39 is 18.0 Å². The molecule has 1 N–H and O–H groups in total. The number of carbonyl (C=O) groups excluding carboxylic acids is 3. The van der Waals surface area contributed by atoms with Gasteiger partial charge >= 0.3 is 41.5 Å². The zero-order valence-corrected chi connectivity index (χ0v) is 31.1. The molecule has 1 unspecified atom stereocenters. The quantitative estimate of drug-likeness (QED) is 0.235. The van der Waals surface area contributed by atoms with Crippen molar-refractivity contribution in [1.29, 1.82) is 0 Å². The molecule has 10 nitrogen and oxygen atoms in total. The fourth-order valence-electron chi connectivity index (χ4n) is 5.52. The first kappa shape index (κ1) is 37.9. The van der Waals surface area contributed by atoms with Crippen LogP contribution in [0.15, 0.2) is 57.5 Å². The Kier molecular flexibility index (Phi) is 14.0. The molecule has 2 heterocycles. The van der Waals surface area contributed by atoms with E-state index in [1.807, 2.05) is 48.5 Å². The van der Waals surface area contributed by atoms with Crippen molar-refractivity contribution in [2.75, 3.05) is 13.2 Å². The number of rotatable bonds is 6. The minimum absolute atomic E-state index is 0. The molecule has 0 spiro atoms. The number of Topliss-reactive ketones (excluding diaryl/α,β-unsaturated/α-hetero) is 1. The summed E-state index contributed by atoms with van der Waals surface area (Å²) in [5.41, 5.74) is 4.74. The number of aliphatic hydroxyl groups is 1. The van der Waals surface area contributed by atoms with Gasteiger partial charge in [0, 0.05) is 29.3 Å². The summed E-state index contributed by atoms with van der Waals surface area (Å²) in [5, 5.41) is 19.1. The molecule has 14 heteroatoms. The molecule has 0 bridgehead atoms. The third kappa shape index (κ3) is 8.11. The third-order valence-corrected chi connectivity index (χ3v) is 8.35. The van der Waals surface area contributed by atoms with Crippen molar-refractivity contribution in [2.24, 2.45) is 0 Å². The largest absolute Gasteiger partial charge is 1.00 e. The summed E-state index contributed by atoms with van der Waals surface area (Å²) in [6.07, 6.45) is 3.58. The summed E-state index contributed by atoms with van der Waals surface area (Å²) in [6.45, 7) is 4.03. The Morgan fingerprint density at radius 1 is 0.870 bits per heavy atom. The first-order valence-corrected chi connectivity index (χ1v) is 16.1. The van der Waals surface area contributed by atoms with Crippen molar-refractivity contribution < 1.29 is 59.9 Å². The van der Waals surface area contributed by atoms with Gasteiger partial charge in [-0.05, 0) is 82.3 Å². The van der Waals surface area contributed by atoms with E-state index in [4.69, 9.17) is 9.47 Å². The monoisotopic (exact) mass is 761 g/mol. The van der Waals surface area contributed by atoms with Gasteiger partial charge < -0.3 is 16.0 Å². The van der Waals surface area contributed by atoms with Gasteiger partial charge in [0.2, 0.25) is 0 Å². The van der Waals surface area contributed by atoms with E-state index in [0.717, 1.165) is 57.4 Å². The molecular formula is C32H33BBr2N4NaO6. The molecule has 0 amide bonds. The molecule has 6 rings (SSSR count). The van der Waals surface area contributed by atoms with E-state index in [1.165, 1.54) is 0 Å². The second-order valence-corrected chi connectivity index (χ2v) is 12.1. The van der Waals surface area contributed by atoms with Crippen LogP contribution in [-0.4, -0.2) is 64.0 Å². The van der Waals surface area contributed by atoms with Crippen molar-refractivity contribution in [3.05, 3.63) is 91.4 Å². The van der Waals surface area contributed by atoms with Crippen LogP contribution in [0.2, 0.25) is 0 Å². The molecule has 2 aliphatic rings. The molecule has 235 valence electrons. The number of halogens is 2. The molecule has 4 aromatic rings. The van der Waals surface area contributed by atoms with Crippen molar-refractivity contribution in [3.8, 4) is 11.4 Å². The number of fused-ring (bicyclic) bond motifs is 2. The third-order valence-electron chi connectivity index (χ3n) is 7.37. The number of carbonyl (C=O) groups is 3. The van der Waals surface area contributed by atoms with Gasteiger partial charge in [-0.3, -0.25) is 4.79 Å². The number of aromatic nitrogens is 4. The second-order valence-electron chi connectivity index (χ2n) is 10.3. The molecule has 2 aromatic carbocycles. The molecule has 0 aliphatic heterocycles. The number of benzene rings is 2. The van der Waals surface area contributed by atoms with Gasteiger partial charge in [-0.2, -0.15) is 10.2 Å². The van der Waals surface area contributed by atoms with E-state index in [0.29, 0.717) is 24.0 Å². The summed E-state index contributed by atoms with van der Waals surface area (Å²) in [6, 6.07) is 15.3. The number of hydrogen-bond donors (Lipinski definition) is 1. The number of aliphatic hydroxyl groups excluding tert-OH is 1. The zero-order valence-electron chi connectivity index (χ0n) is 27.0. The van der Waals surface area contributed by atoms with Crippen LogP contribution in [0, 0.1) is 0 Å². The molecule has 1 atom stereocenters. The van der Waals surface area contributed by atoms with Crippen LogP contribution in [0.5, 0.6) is 0 Å². The molecule has 0 fully saturated rings. The number of hydrogen-bond acceptors (Lipinski definition) is 8. The first-order valence-electron chi connectivity index (χ1n) is 14.5. The van der Waals surface area contributed by atoms with Crippen LogP contribution in [0.1, 0.15) is 95.3 Å². The summed E-state index contributed by atoms with van der Waals surface area (Å²) in [4.78, 5) is 36.5. The molecule has 2 aromatic heterocycles. The number of ketones is 1. The number of nitrogens with zero attached hydrogens (tertiary/aromatic N) is 4. The van der Waals surface area contributed by atoms with Gasteiger partial charge in [0.25, 0.3) is 0 Å². The summed E-state index contributed by atoms with van der Waals surface area (Å²) in [7, 11) is 0. The SMILES string of the molecule is CCOC(=O)c1nn(-c2cccc(Br)c2)c2c1C(=O)CCC2.CCOC(=O)c1nn(-c2cccc(Br)c2)c2c1C(O)CCC2.[B].[H-].[Na+]. The normalized spacial score (nSPS) is 14.8. The Morgan fingerprint density at radius 3 is 1.96 bits per heavy atom. The minimum atomic E-state index is -0.663. The van der Waals surface area contributed by atoms with Crippen LogP contribution < -0.4 is 29.6 Å². The molecule has 0 saturated heterocycles. The summed E-state index contributed by atoms with van der Waals surface area (Å²) >= 11 is 6.87. The predicted molar refractivity (Wildman–Crippen MR) is 176 cm³/mol. The van der Waals surface area contributed by atoms with Crippen LogP contribution in [0.25, 0.3) is 11.4 Å². The van der Waals surface area contributed by atoms with E-state index in [9.17, 15) is 19.5 Å². The maximum absolute atomic E-state index is 12.3. The van der Waals surface area contributed by atoms with Crippen molar-refractivity contribution in [1.82, 2.24) is 19.6 Å². The molecule has 46 heavy (non-hydrogen) atoms. The van der Waals surface area contributed by atoms with Gasteiger partial charge in [0.05, 0.1) is 47.6 Å². The van der Waals surface area contributed by atoms with Crippen molar-refractivity contribution in [3.63, 3.8) is 0 Å². The topological polar surface area (TPSA) is 126 Å². The smallest absolute Gasteiger partial charge is 1.00 e. The van der Waals surface area contributed by atoms with Gasteiger partial charge in [0.1, 0.15) is 0 Å². The maximum Gasteiger partial charge on any atom is 1.00 e. The Balaban J connectivity index is 0.000000307. The molecule has 2 aliphatic carbocycles. The van der Waals surface area contributed by atoms with E-state index in [1.54, 1.807) is 23.2 Å². The summed E-state index contributed by atoms with van der Waals surface area (Å²) in [5.74, 6) is -1.05. The average molecular weight is 763 g/mol. The standard InChI is InChI=1S/C16H17BrN2O3.C16H15BrN2O3.B.Na.H/c2*1-2-22-16(21)15-14-12(7-4-8-13(14)20)19(18-15)11-6-3-5-10(17)9-11;;;/h3,5-6,9,13,20H,2,4,7-8H2,1H3;3,5-6,9H,2,4,7-8H2,1H3;;;/q;;;+1;-1. The first-order chi connectivity index (χ1) is 21.2. The average Bonchev–Trinajstić information content (AvgIpc) is 3.59. The zero-order chi connectivity index (χ0) is 31.4. The molecule has 3 radical (unpaired) electrons. The van der Waals surface area contributed by atoms with E-state index in [-0.39, 0.29) is 69.8 Å². The Morgan fingerprint density at radius 2 is 1.39 bits per heavy atom. The Hall–Kier alpha value is -2.55. The van der Waals surface area contributed by atoms with Crippen molar-refractivity contribution >= 4 is 58.0 Å². The molecule has 0 saturated carbocycles. The molecular weight excluding hydrogens is 730 g/mol. The van der Waals surface area contributed by atoms with E-state index >= 15 is 0 Å². The summed E-state index contributed by atoms with van der Waals surface area (Å²) < 4.78 is 15.4. The maximum atomic E-state index is 12.3. The van der Waals surface area contributed by atoms with Gasteiger partial charge in [0.15, 0.2) is 17.2 Å². The predicted octanol–water partition coefficient (Wildman–Crippen LogP) is 3.25. The fraction of sp³-hybridized carbons (Fsp3) is 0.344. The Bertz CT molecular complexity index is 1730.